The van der Waals surface area contributed by atoms with E-state index in [0.717, 1.165) is 28.3 Å². The molecule has 0 spiro atoms. The third-order valence-electron chi connectivity index (χ3n) is 5.85. The van der Waals surface area contributed by atoms with Crippen molar-refractivity contribution in [1.29, 1.82) is 0 Å². The predicted octanol–water partition coefficient (Wildman–Crippen LogP) is 6.19. The van der Waals surface area contributed by atoms with Gasteiger partial charge in [-0.25, -0.2) is 4.79 Å². The fourth-order valence-electron chi connectivity index (χ4n) is 3.94. The van der Waals surface area contributed by atoms with Crippen LogP contribution in [0.25, 0.3) is 11.6 Å². The van der Waals surface area contributed by atoms with Gasteiger partial charge in [-0.1, -0.05) is 70.7 Å². The van der Waals surface area contributed by atoms with Crippen LogP contribution in [-0.2, 0) is 15.6 Å². The van der Waals surface area contributed by atoms with Crippen molar-refractivity contribution >= 4 is 17.6 Å². The first kappa shape index (κ1) is 19.2. The first-order chi connectivity index (χ1) is 12.6. The van der Waals surface area contributed by atoms with Crippen LogP contribution in [0.1, 0.15) is 68.4 Å². The summed E-state index contributed by atoms with van der Waals surface area (Å²) in [6, 6.07) is 14.6. The fraction of sp³-hybridized carbons (Fsp3) is 0.320. The zero-order valence-electron chi connectivity index (χ0n) is 16.7. The van der Waals surface area contributed by atoms with Crippen molar-refractivity contribution in [3.05, 3.63) is 82.9 Å². The Balaban J connectivity index is 2.00. The molecule has 0 atom stereocenters. The average molecular weight is 360 g/mol. The van der Waals surface area contributed by atoms with E-state index in [9.17, 15) is 4.79 Å². The quantitative estimate of drug-likeness (QED) is 0.660. The maximum atomic E-state index is 10.8. The van der Waals surface area contributed by atoms with Gasteiger partial charge >= 0.3 is 5.97 Å². The number of carboxylic acid groups (broad SMARTS) is 1. The smallest absolute Gasteiger partial charge is 0.328 e. The van der Waals surface area contributed by atoms with E-state index < -0.39 is 5.97 Å². The molecule has 3 rings (SSSR count). The third kappa shape index (κ3) is 3.90. The van der Waals surface area contributed by atoms with Gasteiger partial charge in [0.2, 0.25) is 0 Å². The second-order valence-corrected chi connectivity index (χ2v) is 8.80. The number of rotatable bonds is 4. The first-order valence-corrected chi connectivity index (χ1v) is 9.46. The van der Waals surface area contributed by atoms with E-state index in [-0.39, 0.29) is 10.8 Å². The van der Waals surface area contributed by atoms with Crippen molar-refractivity contribution in [3.8, 4) is 0 Å². The summed E-state index contributed by atoms with van der Waals surface area (Å²) in [5.41, 5.74) is 7.17. The van der Waals surface area contributed by atoms with E-state index in [1.807, 2.05) is 24.3 Å². The van der Waals surface area contributed by atoms with Crippen LogP contribution in [0.15, 0.2) is 55.1 Å². The number of fused-ring (bicyclic) bond motifs is 1. The highest BCUT2D eigenvalue weighted by atomic mass is 16.4. The summed E-state index contributed by atoms with van der Waals surface area (Å²) < 4.78 is 0. The summed E-state index contributed by atoms with van der Waals surface area (Å²) in [7, 11) is 0. The number of hydrogen-bond donors (Lipinski definition) is 1. The monoisotopic (exact) mass is 360 g/mol. The fourth-order valence-corrected chi connectivity index (χ4v) is 3.94. The molecule has 0 bridgehead atoms. The molecule has 0 aromatic heterocycles. The van der Waals surface area contributed by atoms with Gasteiger partial charge < -0.3 is 5.11 Å². The lowest BCUT2D eigenvalue weighted by atomic mass is 9.63. The Morgan fingerprint density at radius 3 is 2.26 bits per heavy atom. The van der Waals surface area contributed by atoms with Gasteiger partial charge in [0.25, 0.3) is 0 Å². The number of aliphatic carboxylic acids is 1. The maximum absolute atomic E-state index is 10.8. The minimum Gasteiger partial charge on any atom is -0.478 e. The molecular formula is C25H28O2. The number of benzene rings is 2. The summed E-state index contributed by atoms with van der Waals surface area (Å²) in [6.45, 7) is 13.6. The zero-order chi connectivity index (χ0) is 19.8. The molecule has 0 radical (unpaired) electrons. The van der Waals surface area contributed by atoms with Gasteiger partial charge in [0.05, 0.1) is 0 Å². The first-order valence-electron chi connectivity index (χ1n) is 9.46. The van der Waals surface area contributed by atoms with E-state index in [2.05, 4.69) is 52.5 Å². The number of hydrogen-bond acceptors (Lipinski definition) is 1. The van der Waals surface area contributed by atoms with Crippen LogP contribution in [0, 0.1) is 0 Å². The number of carboxylic acids is 1. The molecule has 140 valence electrons. The molecule has 1 aliphatic carbocycles. The van der Waals surface area contributed by atoms with Crippen LogP contribution in [0.5, 0.6) is 0 Å². The van der Waals surface area contributed by atoms with Crippen molar-refractivity contribution < 1.29 is 9.90 Å². The average Bonchev–Trinajstić information content (AvgIpc) is 2.63. The second kappa shape index (κ2) is 6.84. The van der Waals surface area contributed by atoms with Gasteiger partial charge in [-0.15, -0.1) is 0 Å². The third-order valence-corrected chi connectivity index (χ3v) is 5.85. The molecule has 1 aliphatic rings. The standard InChI is InChI=1S/C25H28O2/c1-17(19-8-6-7-18(15-19)9-12-23(26)27)20-10-11-21-22(16-20)25(4,5)14-13-24(21,2)3/h6-12,15-16H,1,13-14H2,2-5H3,(H,26,27). The number of carbonyl (C=O) groups is 1. The molecule has 0 unspecified atom stereocenters. The van der Waals surface area contributed by atoms with E-state index in [1.54, 1.807) is 6.08 Å². The largest absolute Gasteiger partial charge is 0.478 e. The van der Waals surface area contributed by atoms with Crippen molar-refractivity contribution in [1.82, 2.24) is 0 Å². The lowest BCUT2D eigenvalue weighted by Crippen LogP contribution is -2.33. The highest BCUT2D eigenvalue weighted by molar-refractivity contribution is 5.86. The van der Waals surface area contributed by atoms with E-state index >= 15 is 0 Å². The molecule has 1 N–H and O–H groups in total. The lowest BCUT2D eigenvalue weighted by Gasteiger charge is -2.42. The summed E-state index contributed by atoms with van der Waals surface area (Å²) in [4.78, 5) is 10.8. The zero-order valence-corrected chi connectivity index (χ0v) is 16.7. The van der Waals surface area contributed by atoms with Crippen LogP contribution in [0.3, 0.4) is 0 Å². The van der Waals surface area contributed by atoms with E-state index in [0.29, 0.717) is 0 Å². The van der Waals surface area contributed by atoms with Gasteiger partial charge in [0.1, 0.15) is 0 Å². The molecule has 0 fully saturated rings. The van der Waals surface area contributed by atoms with Crippen molar-refractivity contribution in [2.24, 2.45) is 0 Å². The van der Waals surface area contributed by atoms with Crippen LogP contribution in [0.4, 0.5) is 0 Å². The topological polar surface area (TPSA) is 37.3 Å². The maximum Gasteiger partial charge on any atom is 0.328 e. The van der Waals surface area contributed by atoms with Crippen LogP contribution in [0.2, 0.25) is 0 Å². The molecule has 27 heavy (non-hydrogen) atoms. The Labute approximate surface area is 162 Å². The summed E-state index contributed by atoms with van der Waals surface area (Å²) >= 11 is 0. The lowest BCUT2D eigenvalue weighted by molar-refractivity contribution is -0.131. The van der Waals surface area contributed by atoms with Gasteiger partial charge in [-0.3, -0.25) is 0 Å². The second-order valence-electron chi connectivity index (χ2n) is 8.80. The van der Waals surface area contributed by atoms with E-state index in [4.69, 9.17) is 5.11 Å². The summed E-state index contributed by atoms with van der Waals surface area (Å²) in [5, 5.41) is 8.83. The van der Waals surface area contributed by atoms with E-state index in [1.165, 1.54) is 24.0 Å². The van der Waals surface area contributed by atoms with Crippen molar-refractivity contribution in [2.75, 3.05) is 0 Å². The Bertz CT molecular complexity index is 929. The SMILES string of the molecule is C=C(c1cccc(C=CC(=O)O)c1)c1ccc2c(c1)C(C)(C)CCC2(C)C. The van der Waals surface area contributed by atoms with Crippen LogP contribution < -0.4 is 0 Å². The molecule has 0 aliphatic heterocycles. The van der Waals surface area contributed by atoms with Gasteiger partial charge in [0, 0.05) is 6.08 Å². The molecule has 0 heterocycles. The molecule has 2 aromatic carbocycles. The summed E-state index contributed by atoms with van der Waals surface area (Å²) in [5.74, 6) is -0.946. The molecule has 0 saturated carbocycles. The Hall–Kier alpha value is -2.61. The molecule has 2 aromatic rings. The minimum atomic E-state index is -0.946. The Kier molecular flexibility index (Phi) is 4.86. The Morgan fingerprint density at radius 2 is 1.59 bits per heavy atom. The Morgan fingerprint density at radius 1 is 0.963 bits per heavy atom. The van der Waals surface area contributed by atoms with Gasteiger partial charge in [-0.05, 0) is 69.2 Å². The van der Waals surface area contributed by atoms with Crippen molar-refractivity contribution in [3.63, 3.8) is 0 Å². The highest BCUT2D eigenvalue weighted by Gasteiger charge is 2.37. The normalized spacial score (nSPS) is 17.5. The van der Waals surface area contributed by atoms with Crippen LogP contribution in [-0.4, -0.2) is 11.1 Å². The molecule has 2 nitrogen and oxygen atoms in total. The molecule has 0 amide bonds. The molecular weight excluding hydrogens is 332 g/mol. The van der Waals surface area contributed by atoms with Crippen LogP contribution >= 0.6 is 0 Å². The van der Waals surface area contributed by atoms with Crippen molar-refractivity contribution in [2.45, 2.75) is 51.4 Å². The molecule has 2 heteroatoms. The van der Waals surface area contributed by atoms with Gasteiger partial charge in [0.15, 0.2) is 0 Å². The van der Waals surface area contributed by atoms with Gasteiger partial charge in [-0.2, -0.15) is 0 Å². The highest BCUT2D eigenvalue weighted by Crippen LogP contribution is 2.46. The summed E-state index contributed by atoms with van der Waals surface area (Å²) in [6.07, 6.45) is 5.15. The molecule has 0 saturated heterocycles. The minimum absolute atomic E-state index is 0.160. The predicted molar refractivity (Wildman–Crippen MR) is 113 cm³/mol.